The second-order valence-electron chi connectivity index (χ2n) is 5.92. The molecule has 1 aromatic heterocycles. The van der Waals surface area contributed by atoms with Gasteiger partial charge in [0, 0.05) is 5.39 Å². The highest BCUT2D eigenvalue weighted by atomic mass is 32.2. The minimum atomic E-state index is -3.96. The third kappa shape index (κ3) is 3.50. The number of sulfone groups is 1. The maximum Gasteiger partial charge on any atom is 0.338 e. The second-order valence-corrected chi connectivity index (χ2v) is 7.84. The van der Waals surface area contributed by atoms with Crippen LogP contribution in [0.5, 0.6) is 5.75 Å². The number of hydrogen-bond donors (Lipinski definition) is 1. The molecular formula is C20H19NO5S. The summed E-state index contributed by atoms with van der Waals surface area (Å²) in [5.74, 6) is -0.993. The molecule has 0 atom stereocenters. The molecule has 0 saturated heterocycles. The molecule has 0 aliphatic rings. The fourth-order valence-electron chi connectivity index (χ4n) is 2.73. The minimum absolute atomic E-state index is 0.0673. The van der Waals surface area contributed by atoms with E-state index in [2.05, 4.69) is 4.98 Å². The van der Waals surface area contributed by atoms with Crippen molar-refractivity contribution >= 4 is 26.7 Å². The van der Waals surface area contributed by atoms with Crippen LogP contribution >= 0.6 is 0 Å². The molecule has 0 bridgehead atoms. The molecule has 27 heavy (non-hydrogen) atoms. The topological polar surface area (TPSA) is 93.6 Å². The smallest absolute Gasteiger partial charge is 0.338 e. The Labute approximate surface area is 157 Å². The van der Waals surface area contributed by atoms with E-state index in [1.54, 1.807) is 19.1 Å². The molecule has 0 aliphatic carbocycles. The fraction of sp³-hybridized carbons (Fsp3) is 0.200. The molecule has 2 aromatic carbocycles. The first-order valence-corrected chi connectivity index (χ1v) is 9.99. The molecule has 6 nitrogen and oxygen atoms in total. The average Bonchev–Trinajstić information content (AvgIpc) is 2.68. The van der Waals surface area contributed by atoms with Gasteiger partial charge in [0.05, 0.1) is 28.8 Å². The molecule has 0 unspecified atom stereocenters. The van der Waals surface area contributed by atoms with E-state index < -0.39 is 21.6 Å². The number of aryl methyl sites for hydroxylation is 1. The summed E-state index contributed by atoms with van der Waals surface area (Å²) in [5, 5.41) is 10.8. The Bertz CT molecular complexity index is 1110. The second kappa shape index (κ2) is 7.36. The average molecular weight is 385 g/mol. The van der Waals surface area contributed by atoms with Crippen LogP contribution in [0.1, 0.15) is 29.8 Å². The summed E-state index contributed by atoms with van der Waals surface area (Å²) in [7, 11) is -3.96. The lowest BCUT2D eigenvalue weighted by Gasteiger charge is -2.10. The van der Waals surface area contributed by atoms with Crippen LogP contribution < -0.4 is 0 Å². The van der Waals surface area contributed by atoms with Crippen LogP contribution in [0, 0.1) is 0 Å². The Balaban J connectivity index is 2.13. The first-order chi connectivity index (χ1) is 12.9. The Hall–Kier alpha value is -2.93. The molecule has 7 heteroatoms. The quantitative estimate of drug-likeness (QED) is 0.676. The van der Waals surface area contributed by atoms with Gasteiger partial charge in [0.2, 0.25) is 9.84 Å². The van der Waals surface area contributed by atoms with Gasteiger partial charge in [-0.05, 0) is 49.2 Å². The van der Waals surface area contributed by atoms with Gasteiger partial charge in [-0.2, -0.15) is 0 Å². The molecule has 0 radical (unpaired) electrons. The summed E-state index contributed by atoms with van der Waals surface area (Å²) >= 11 is 0. The number of ether oxygens (including phenoxy) is 1. The monoisotopic (exact) mass is 385 g/mol. The first-order valence-electron chi connectivity index (χ1n) is 8.51. The van der Waals surface area contributed by atoms with Crippen molar-refractivity contribution in [2.45, 2.75) is 30.1 Å². The van der Waals surface area contributed by atoms with Gasteiger partial charge in [-0.15, -0.1) is 0 Å². The molecule has 0 amide bonds. The number of fused-ring (bicyclic) bond motifs is 1. The van der Waals surface area contributed by atoms with E-state index >= 15 is 0 Å². The van der Waals surface area contributed by atoms with Crippen LogP contribution in [0.2, 0.25) is 0 Å². The number of aromatic hydroxyl groups is 1. The van der Waals surface area contributed by atoms with Crippen molar-refractivity contribution in [2.75, 3.05) is 6.61 Å². The van der Waals surface area contributed by atoms with Gasteiger partial charge in [-0.3, -0.25) is 4.98 Å². The molecule has 140 valence electrons. The van der Waals surface area contributed by atoms with Crippen LogP contribution in [0.3, 0.4) is 0 Å². The zero-order valence-corrected chi connectivity index (χ0v) is 15.8. The summed E-state index contributed by atoms with van der Waals surface area (Å²) in [6, 6.07) is 10.9. The van der Waals surface area contributed by atoms with Crippen LogP contribution in [-0.2, 0) is 21.0 Å². The Morgan fingerprint density at radius 2 is 1.81 bits per heavy atom. The number of nitrogens with zero attached hydrogens (tertiary/aromatic N) is 1. The van der Waals surface area contributed by atoms with Crippen LogP contribution in [-0.4, -0.2) is 31.1 Å². The zero-order valence-electron chi connectivity index (χ0n) is 15.0. The number of rotatable bonds is 5. The van der Waals surface area contributed by atoms with E-state index in [4.69, 9.17) is 4.74 Å². The Morgan fingerprint density at radius 1 is 1.11 bits per heavy atom. The van der Waals surface area contributed by atoms with Gasteiger partial charge in [-0.1, -0.05) is 19.1 Å². The Kier molecular flexibility index (Phi) is 5.14. The van der Waals surface area contributed by atoms with Gasteiger partial charge >= 0.3 is 5.97 Å². The number of benzene rings is 2. The molecule has 0 spiro atoms. The van der Waals surface area contributed by atoms with Crippen molar-refractivity contribution in [1.29, 1.82) is 0 Å². The lowest BCUT2D eigenvalue weighted by molar-refractivity contribution is 0.0526. The van der Waals surface area contributed by atoms with Gasteiger partial charge in [0.1, 0.15) is 10.6 Å². The number of pyridine rings is 1. The van der Waals surface area contributed by atoms with Gasteiger partial charge in [0.15, 0.2) is 0 Å². The lowest BCUT2D eigenvalue weighted by atomic mass is 10.1. The summed E-state index contributed by atoms with van der Waals surface area (Å²) < 4.78 is 30.8. The molecule has 0 aliphatic heterocycles. The number of hydrogen-bond acceptors (Lipinski definition) is 6. The van der Waals surface area contributed by atoms with E-state index in [9.17, 15) is 18.3 Å². The van der Waals surface area contributed by atoms with Crippen LogP contribution in [0.15, 0.2) is 58.5 Å². The third-order valence-corrected chi connectivity index (χ3v) is 6.02. The standard InChI is InChI=1S/C20H19NO5S/c1-3-13-5-8-15(9-6-13)27(24,25)18-12-21-17-10-7-14(20(23)26-4-2)11-16(17)19(18)22/h5-12H,3-4H2,1-2H3,(H,21,22). The zero-order chi connectivity index (χ0) is 19.6. The molecule has 0 fully saturated rings. The maximum absolute atomic E-state index is 12.9. The molecule has 3 aromatic rings. The highest BCUT2D eigenvalue weighted by Crippen LogP contribution is 2.34. The summed E-state index contributed by atoms with van der Waals surface area (Å²) in [4.78, 5) is 15.8. The van der Waals surface area contributed by atoms with Gasteiger partial charge in [0.25, 0.3) is 0 Å². The predicted molar refractivity (Wildman–Crippen MR) is 101 cm³/mol. The van der Waals surface area contributed by atoms with Crippen molar-refractivity contribution in [2.24, 2.45) is 0 Å². The lowest BCUT2D eigenvalue weighted by Crippen LogP contribution is -2.06. The molecule has 0 saturated carbocycles. The fourth-order valence-corrected chi connectivity index (χ4v) is 4.03. The van der Waals surface area contributed by atoms with E-state index in [1.165, 1.54) is 30.3 Å². The normalized spacial score (nSPS) is 11.5. The molecule has 3 rings (SSSR count). The molecular weight excluding hydrogens is 366 g/mol. The van der Waals surface area contributed by atoms with Crippen LogP contribution in [0.4, 0.5) is 0 Å². The van der Waals surface area contributed by atoms with Crippen molar-refractivity contribution in [3.05, 3.63) is 59.8 Å². The van der Waals surface area contributed by atoms with Crippen LogP contribution in [0.25, 0.3) is 10.9 Å². The highest BCUT2D eigenvalue weighted by molar-refractivity contribution is 7.91. The Morgan fingerprint density at radius 3 is 2.44 bits per heavy atom. The van der Waals surface area contributed by atoms with E-state index in [1.807, 2.05) is 6.92 Å². The highest BCUT2D eigenvalue weighted by Gasteiger charge is 2.24. The summed E-state index contributed by atoms with van der Waals surface area (Å²) in [6.45, 7) is 3.87. The largest absolute Gasteiger partial charge is 0.506 e. The van der Waals surface area contributed by atoms with E-state index in [-0.39, 0.29) is 27.3 Å². The number of carbonyl (C=O) groups is 1. The van der Waals surface area contributed by atoms with Crippen molar-refractivity contribution in [3.63, 3.8) is 0 Å². The maximum atomic E-state index is 12.9. The van der Waals surface area contributed by atoms with Gasteiger partial charge in [-0.25, -0.2) is 13.2 Å². The predicted octanol–water partition coefficient (Wildman–Crippen LogP) is 3.51. The number of carbonyl (C=O) groups excluding carboxylic acids is 1. The SMILES string of the molecule is CCOC(=O)c1ccc2ncc(S(=O)(=O)c3ccc(CC)cc3)c(O)c2c1. The van der Waals surface area contributed by atoms with Crippen molar-refractivity contribution < 1.29 is 23.1 Å². The summed E-state index contributed by atoms with van der Waals surface area (Å²) in [5.41, 5.74) is 1.60. The summed E-state index contributed by atoms with van der Waals surface area (Å²) in [6.07, 6.45) is 1.92. The van der Waals surface area contributed by atoms with E-state index in [0.717, 1.165) is 18.2 Å². The first kappa shape index (κ1) is 18.8. The van der Waals surface area contributed by atoms with Gasteiger partial charge < -0.3 is 9.84 Å². The van der Waals surface area contributed by atoms with E-state index in [0.29, 0.717) is 5.52 Å². The van der Waals surface area contributed by atoms with Crippen molar-refractivity contribution in [1.82, 2.24) is 4.98 Å². The van der Waals surface area contributed by atoms with Crippen molar-refractivity contribution in [3.8, 4) is 5.75 Å². The number of aromatic nitrogens is 1. The molecule has 1 N–H and O–H groups in total. The minimum Gasteiger partial charge on any atom is -0.506 e. The number of esters is 1. The third-order valence-electron chi connectivity index (χ3n) is 4.25. The molecule has 1 heterocycles.